The van der Waals surface area contributed by atoms with Crippen LogP contribution in [-0.4, -0.2) is 21.3 Å². The molecule has 112 valence electrons. The molecule has 0 amide bonds. The largest absolute Gasteiger partial charge is 0.475 e. The molecule has 0 saturated carbocycles. The second-order valence-electron chi connectivity index (χ2n) is 5.09. The first-order chi connectivity index (χ1) is 10.7. The molecule has 3 aromatic rings. The number of pyridine rings is 1. The Morgan fingerprint density at radius 3 is 2.82 bits per heavy atom. The summed E-state index contributed by atoms with van der Waals surface area (Å²) in [5.41, 5.74) is 5.49. The summed E-state index contributed by atoms with van der Waals surface area (Å²) in [6.45, 7) is 3.90. The monoisotopic (exact) mass is 297 g/mol. The fourth-order valence-corrected chi connectivity index (χ4v) is 2.19. The number of hydrogen-bond acceptors (Lipinski definition) is 5. The van der Waals surface area contributed by atoms with Crippen molar-refractivity contribution >= 4 is 16.6 Å². The van der Waals surface area contributed by atoms with Gasteiger partial charge in [0.05, 0.1) is 22.6 Å². The van der Waals surface area contributed by atoms with Gasteiger partial charge in [0.25, 0.3) is 0 Å². The van der Waals surface area contributed by atoms with Crippen LogP contribution in [0, 0.1) is 4.91 Å². The first kappa shape index (κ1) is 14.0. The van der Waals surface area contributed by atoms with E-state index in [1.54, 1.807) is 12.3 Å². The highest BCUT2D eigenvalue weighted by molar-refractivity contribution is 5.94. The summed E-state index contributed by atoms with van der Waals surface area (Å²) < 4.78 is 5.53. The zero-order chi connectivity index (χ0) is 15.5. The van der Waals surface area contributed by atoms with Crippen LogP contribution in [0.5, 0.6) is 5.88 Å². The number of nitrogens with one attached hydrogen (secondary N) is 2. The van der Waals surface area contributed by atoms with Gasteiger partial charge in [-0.05, 0) is 38.1 Å². The minimum Gasteiger partial charge on any atom is -0.475 e. The molecule has 0 aliphatic rings. The number of aromatic nitrogens is 3. The van der Waals surface area contributed by atoms with Crippen molar-refractivity contribution in [3.63, 3.8) is 0 Å². The third-order valence-corrected chi connectivity index (χ3v) is 3.10. The molecule has 3 rings (SSSR count). The van der Waals surface area contributed by atoms with E-state index in [4.69, 9.17) is 4.74 Å². The predicted molar refractivity (Wildman–Crippen MR) is 84.5 cm³/mol. The molecule has 22 heavy (non-hydrogen) atoms. The van der Waals surface area contributed by atoms with Gasteiger partial charge in [0.2, 0.25) is 5.88 Å². The molecule has 2 aromatic heterocycles. The molecular formula is C15H15N5O2. The summed E-state index contributed by atoms with van der Waals surface area (Å²) >= 11 is 0. The molecule has 0 spiro atoms. The van der Waals surface area contributed by atoms with Crippen LogP contribution in [-0.2, 0) is 0 Å². The Balaban J connectivity index is 1.98. The molecule has 0 aliphatic heterocycles. The third kappa shape index (κ3) is 2.73. The smallest absolute Gasteiger partial charge is 0.213 e. The number of H-pyrrole nitrogens is 1. The van der Waals surface area contributed by atoms with Gasteiger partial charge in [0.15, 0.2) is 0 Å². The molecule has 0 saturated heterocycles. The van der Waals surface area contributed by atoms with E-state index in [0.717, 1.165) is 22.2 Å². The lowest BCUT2D eigenvalue weighted by molar-refractivity contribution is 0.232. The van der Waals surface area contributed by atoms with Gasteiger partial charge < -0.3 is 4.74 Å². The second kappa shape index (κ2) is 5.80. The van der Waals surface area contributed by atoms with Gasteiger partial charge in [-0.1, -0.05) is 0 Å². The highest BCUT2D eigenvalue weighted by atomic mass is 16.5. The molecule has 0 aliphatic carbocycles. The number of aromatic amines is 1. The number of rotatable bonds is 5. The summed E-state index contributed by atoms with van der Waals surface area (Å²) in [5, 5.41) is 10.8. The Bertz CT molecular complexity index is 795. The summed E-state index contributed by atoms with van der Waals surface area (Å²) in [4.78, 5) is 14.6. The molecular weight excluding hydrogens is 282 g/mol. The van der Waals surface area contributed by atoms with E-state index < -0.39 is 0 Å². The van der Waals surface area contributed by atoms with Crippen LogP contribution in [0.15, 0.2) is 41.8 Å². The molecule has 0 bridgehead atoms. The lowest BCUT2D eigenvalue weighted by Crippen LogP contribution is -2.06. The standard InChI is InChI=1S/C15H15N5O2/c1-9(2)22-14-6-3-10(8-16-14)15-12-7-11(17-20-21)4-5-13(12)18-19-15/h3-9H,1-2H3,(H,17,21)(H,18,19). The number of ether oxygens (including phenoxy) is 1. The van der Waals surface area contributed by atoms with E-state index in [-0.39, 0.29) is 6.10 Å². The summed E-state index contributed by atoms with van der Waals surface area (Å²) in [7, 11) is 0. The first-order valence-corrected chi connectivity index (χ1v) is 6.87. The van der Waals surface area contributed by atoms with Crippen molar-refractivity contribution in [1.82, 2.24) is 15.2 Å². The van der Waals surface area contributed by atoms with Crippen LogP contribution in [0.1, 0.15) is 13.8 Å². The molecule has 0 radical (unpaired) electrons. The number of hydrogen-bond donors (Lipinski definition) is 2. The van der Waals surface area contributed by atoms with Crippen LogP contribution >= 0.6 is 0 Å². The molecule has 2 heterocycles. The average molecular weight is 297 g/mol. The van der Waals surface area contributed by atoms with E-state index in [1.165, 1.54) is 0 Å². The predicted octanol–water partition coefficient (Wildman–Crippen LogP) is 3.51. The van der Waals surface area contributed by atoms with Crippen molar-refractivity contribution in [2.45, 2.75) is 20.0 Å². The van der Waals surface area contributed by atoms with Crippen LogP contribution in [0.25, 0.3) is 22.2 Å². The van der Waals surface area contributed by atoms with Crippen molar-refractivity contribution < 1.29 is 4.74 Å². The van der Waals surface area contributed by atoms with Crippen molar-refractivity contribution in [3.05, 3.63) is 41.4 Å². The Morgan fingerprint density at radius 2 is 2.14 bits per heavy atom. The van der Waals surface area contributed by atoms with E-state index in [2.05, 4.69) is 25.9 Å². The van der Waals surface area contributed by atoms with Crippen LogP contribution in [0.3, 0.4) is 0 Å². The third-order valence-electron chi connectivity index (χ3n) is 3.10. The van der Waals surface area contributed by atoms with Gasteiger partial charge in [0, 0.05) is 23.2 Å². The Kier molecular flexibility index (Phi) is 3.69. The zero-order valence-corrected chi connectivity index (χ0v) is 12.2. The SMILES string of the molecule is CC(C)Oc1ccc(-c2n[nH]c3ccc(NN=O)cc23)cn1. The van der Waals surface area contributed by atoms with Gasteiger partial charge in [0.1, 0.15) is 5.69 Å². The van der Waals surface area contributed by atoms with E-state index in [1.807, 2.05) is 38.1 Å². The highest BCUT2D eigenvalue weighted by Gasteiger charge is 2.10. The molecule has 2 N–H and O–H groups in total. The minimum atomic E-state index is 0.0778. The fourth-order valence-electron chi connectivity index (χ4n) is 2.19. The van der Waals surface area contributed by atoms with Gasteiger partial charge in [-0.25, -0.2) is 10.4 Å². The highest BCUT2D eigenvalue weighted by Crippen LogP contribution is 2.28. The van der Waals surface area contributed by atoms with Crippen LogP contribution in [0.2, 0.25) is 0 Å². The molecule has 7 heteroatoms. The lowest BCUT2D eigenvalue weighted by atomic mass is 10.1. The Hall–Kier alpha value is -2.96. The van der Waals surface area contributed by atoms with Crippen LogP contribution < -0.4 is 10.2 Å². The van der Waals surface area contributed by atoms with E-state index >= 15 is 0 Å². The molecule has 0 unspecified atom stereocenters. The van der Waals surface area contributed by atoms with Crippen molar-refractivity contribution in [3.8, 4) is 17.1 Å². The molecule has 7 nitrogen and oxygen atoms in total. The maximum Gasteiger partial charge on any atom is 0.213 e. The van der Waals surface area contributed by atoms with Gasteiger partial charge in [-0.2, -0.15) is 5.10 Å². The second-order valence-corrected chi connectivity index (χ2v) is 5.09. The lowest BCUT2D eigenvalue weighted by Gasteiger charge is -2.08. The number of fused-ring (bicyclic) bond motifs is 1. The molecule has 0 fully saturated rings. The summed E-state index contributed by atoms with van der Waals surface area (Å²) in [5.74, 6) is 0.575. The number of anilines is 1. The topological polar surface area (TPSA) is 92.3 Å². The molecule has 0 atom stereocenters. The quantitative estimate of drug-likeness (QED) is 0.555. The van der Waals surface area contributed by atoms with Crippen LogP contribution in [0.4, 0.5) is 5.69 Å². The normalized spacial score (nSPS) is 10.9. The van der Waals surface area contributed by atoms with Crippen molar-refractivity contribution in [2.75, 3.05) is 5.43 Å². The van der Waals surface area contributed by atoms with Crippen molar-refractivity contribution in [1.29, 1.82) is 0 Å². The number of nitroso groups, excluding NO2 is 1. The minimum absolute atomic E-state index is 0.0778. The van der Waals surface area contributed by atoms with Gasteiger partial charge in [-0.3, -0.25) is 5.10 Å². The average Bonchev–Trinajstić information content (AvgIpc) is 2.91. The van der Waals surface area contributed by atoms with Gasteiger partial charge >= 0.3 is 0 Å². The van der Waals surface area contributed by atoms with Gasteiger partial charge in [-0.15, -0.1) is 4.91 Å². The fraction of sp³-hybridized carbons (Fsp3) is 0.200. The summed E-state index contributed by atoms with van der Waals surface area (Å²) in [6.07, 6.45) is 1.79. The Morgan fingerprint density at radius 1 is 1.27 bits per heavy atom. The van der Waals surface area contributed by atoms with E-state index in [0.29, 0.717) is 11.6 Å². The Labute approximate surface area is 126 Å². The molecule has 1 aromatic carbocycles. The maximum absolute atomic E-state index is 10.3. The number of benzene rings is 1. The zero-order valence-electron chi connectivity index (χ0n) is 12.2. The number of nitrogens with zero attached hydrogens (tertiary/aromatic N) is 3. The van der Waals surface area contributed by atoms with E-state index in [9.17, 15) is 4.91 Å². The van der Waals surface area contributed by atoms with Crippen molar-refractivity contribution in [2.24, 2.45) is 5.29 Å². The maximum atomic E-state index is 10.3. The summed E-state index contributed by atoms with van der Waals surface area (Å²) in [6, 6.07) is 9.12. The first-order valence-electron chi connectivity index (χ1n) is 6.87.